The van der Waals surface area contributed by atoms with E-state index in [0.717, 1.165) is 41.6 Å². The highest BCUT2D eigenvalue weighted by Crippen LogP contribution is 2.26. The Morgan fingerprint density at radius 1 is 1.24 bits per heavy atom. The van der Waals surface area contributed by atoms with Gasteiger partial charge in [-0.15, -0.1) is 0 Å². The monoisotopic (exact) mass is 287 g/mol. The molecule has 0 atom stereocenters. The molecule has 0 bridgehead atoms. The molecule has 0 amide bonds. The molecule has 0 radical (unpaired) electrons. The first kappa shape index (κ1) is 15.5. The van der Waals surface area contributed by atoms with Crippen LogP contribution in [0.15, 0.2) is 12.3 Å². The summed E-state index contributed by atoms with van der Waals surface area (Å²) in [5.74, 6) is 1.63. The van der Waals surface area contributed by atoms with Gasteiger partial charge in [0.1, 0.15) is 5.82 Å². The van der Waals surface area contributed by atoms with E-state index in [1.54, 1.807) is 4.68 Å². The van der Waals surface area contributed by atoms with Crippen molar-refractivity contribution in [3.63, 3.8) is 0 Å². The lowest BCUT2D eigenvalue weighted by Gasteiger charge is -2.19. The SMILES string of the molecule is CCCNc1cc(C(C)(C)C)nc(-c2cn(C)nc2C)n1. The average molecular weight is 287 g/mol. The smallest absolute Gasteiger partial charge is 0.165 e. The summed E-state index contributed by atoms with van der Waals surface area (Å²) in [6, 6.07) is 2.05. The fourth-order valence-electron chi connectivity index (χ4n) is 2.11. The largest absolute Gasteiger partial charge is 0.370 e. The zero-order chi connectivity index (χ0) is 15.6. The third-order valence-electron chi connectivity index (χ3n) is 3.31. The van der Waals surface area contributed by atoms with Crippen LogP contribution in [0.3, 0.4) is 0 Å². The number of anilines is 1. The molecule has 0 aliphatic heterocycles. The molecule has 2 aromatic heterocycles. The highest BCUT2D eigenvalue weighted by molar-refractivity contribution is 5.59. The number of aryl methyl sites for hydroxylation is 2. The second-order valence-corrected chi connectivity index (χ2v) is 6.44. The van der Waals surface area contributed by atoms with E-state index < -0.39 is 0 Å². The van der Waals surface area contributed by atoms with Gasteiger partial charge in [-0.05, 0) is 13.3 Å². The molecule has 21 heavy (non-hydrogen) atoms. The number of rotatable bonds is 4. The number of nitrogens with one attached hydrogen (secondary N) is 1. The Morgan fingerprint density at radius 2 is 1.95 bits per heavy atom. The van der Waals surface area contributed by atoms with Gasteiger partial charge in [0.25, 0.3) is 0 Å². The lowest BCUT2D eigenvalue weighted by Crippen LogP contribution is -2.16. The van der Waals surface area contributed by atoms with Crippen molar-refractivity contribution >= 4 is 5.82 Å². The standard InChI is InChI=1S/C16H25N5/c1-7-8-17-14-9-13(16(3,4)5)18-15(19-14)12-10-21(6)20-11(12)2/h9-10H,7-8H2,1-6H3,(H,17,18,19). The molecular formula is C16H25N5. The van der Waals surface area contributed by atoms with Gasteiger partial charge in [0.15, 0.2) is 5.82 Å². The van der Waals surface area contributed by atoms with E-state index in [1.165, 1.54) is 0 Å². The lowest BCUT2D eigenvalue weighted by molar-refractivity contribution is 0.568. The van der Waals surface area contributed by atoms with E-state index in [9.17, 15) is 0 Å². The van der Waals surface area contributed by atoms with E-state index in [4.69, 9.17) is 4.98 Å². The maximum Gasteiger partial charge on any atom is 0.165 e. The van der Waals surface area contributed by atoms with Crippen LogP contribution in [-0.4, -0.2) is 26.3 Å². The summed E-state index contributed by atoms with van der Waals surface area (Å²) in [6.07, 6.45) is 3.04. The first-order chi connectivity index (χ1) is 9.81. The molecule has 2 heterocycles. The summed E-state index contributed by atoms with van der Waals surface area (Å²) in [7, 11) is 1.92. The van der Waals surface area contributed by atoms with Gasteiger partial charge in [-0.3, -0.25) is 4.68 Å². The van der Waals surface area contributed by atoms with Crippen LogP contribution < -0.4 is 5.32 Å². The van der Waals surface area contributed by atoms with Crippen molar-refractivity contribution in [2.45, 2.75) is 46.5 Å². The van der Waals surface area contributed by atoms with E-state index in [2.05, 4.69) is 43.1 Å². The van der Waals surface area contributed by atoms with Crippen LogP contribution in [0.4, 0.5) is 5.82 Å². The Labute approximate surface area is 126 Å². The lowest BCUT2D eigenvalue weighted by atomic mass is 9.92. The fourth-order valence-corrected chi connectivity index (χ4v) is 2.11. The van der Waals surface area contributed by atoms with Crippen molar-refractivity contribution in [2.75, 3.05) is 11.9 Å². The van der Waals surface area contributed by atoms with Crippen molar-refractivity contribution in [1.82, 2.24) is 19.7 Å². The topological polar surface area (TPSA) is 55.6 Å². The summed E-state index contributed by atoms with van der Waals surface area (Å²) >= 11 is 0. The maximum absolute atomic E-state index is 4.75. The van der Waals surface area contributed by atoms with Gasteiger partial charge in [-0.1, -0.05) is 27.7 Å². The number of hydrogen-bond acceptors (Lipinski definition) is 4. The van der Waals surface area contributed by atoms with Crippen LogP contribution in [0.1, 0.15) is 45.5 Å². The molecule has 5 heteroatoms. The number of aromatic nitrogens is 4. The predicted octanol–water partition coefficient (Wildman–Crippen LogP) is 3.30. The zero-order valence-electron chi connectivity index (χ0n) is 13.9. The Hall–Kier alpha value is -1.91. The molecule has 0 saturated heterocycles. The van der Waals surface area contributed by atoms with Crippen LogP contribution in [0.2, 0.25) is 0 Å². The van der Waals surface area contributed by atoms with Gasteiger partial charge in [0.05, 0.1) is 17.0 Å². The van der Waals surface area contributed by atoms with Gasteiger partial charge < -0.3 is 5.32 Å². The highest BCUT2D eigenvalue weighted by Gasteiger charge is 2.19. The van der Waals surface area contributed by atoms with Crippen molar-refractivity contribution in [3.05, 3.63) is 23.7 Å². The van der Waals surface area contributed by atoms with Crippen LogP contribution in [0.25, 0.3) is 11.4 Å². The molecule has 0 unspecified atom stereocenters. The van der Waals surface area contributed by atoms with Gasteiger partial charge in [-0.25, -0.2) is 9.97 Å². The molecule has 0 fully saturated rings. The summed E-state index contributed by atoms with van der Waals surface area (Å²) in [6.45, 7) is 11.5. The maximum atomic E-state index is 4.75. The molecule has 0 aromatic carbocycles. The van der Waals surface area contributed by atoms with Crippen LogP contribution in [-0.2, 0) is 12.5 Å². The van der Waals surface area contributed by atoms with Crippen molar-refractivity contribution in [1.29, 1.82) is 0 Å². The van der Waals surface area contributed by atoms with Gasteiger partial charge in [-0.2, -0.15) is 5.10 Å². The normalized spacial score (nSPS) is 11.7. The van der Waals surface area contributed by atoms with Crippen molar-refractivity contribution < 1.29 is 0 Å². The molecule has 0 spiro atoms. The summed E-state index contributed by atoms with van der Waals surface area (Å²) < 4.78 is 1.80. The zero-order valence-corrected chi connectivity index (χ0v) is 13.9. The molecule has 0 aliphatic carbocycles. The molecule has 0 saturated carbocycles. The Morgan fingerprint density at radius 3 is 2.48 bits per heavy atom. The van der Waals surface area contributed by atoms with Crippen molar-refractivity contribution in [3.8, 4) is 11.4 Å². The molecule has 0 aliphatic rings. The summed E-state index contributed by atoms with van der Waals surface area (Å²) in [5, 5.41) is 7.75. The number of nitrogens with zero attached hydrogens (tertiary/aromatic N) is 4. The molecule has 5 nitrogen and oxygen atoms in total. The van der Waals surface area contributed by atoms with Crippen LogP contribution in [0.5, 0.6) is 0 Å². The third kappa shape index (κ3) is 3.60. The van der Waals surface area contributed by atoms with E-state index >= 15 is 0 Å². The van der Waals surface area contributed by atoms with E-state index in [0.29, 0.717) is 0 Å². The first-order valence-corrected chi connectivity index (χ1v) is 7.45. The average Bonchev–Trinajstić information content (AvgIpc) is 2.74. The second kappa shape index (κ2) is 5.84. The minimum Gasteiger partial charge on any atom is -0.370 e. The Balaban J connectivity index is 2.51. The highest BCUT2D eigenvalue weighted by atomic mass is 15.3. The third-order valence-corrected chi connectivity index (χ3v) is 3.31. The molecule has 114 valence electrons. The van der Waals surface area contributed by atoms with Crippen molar-refractivity contribution in [2.24, 2.45) is 7.05 Å². The minimum absolute atomic E-state index is 0.0174. The van der Waals surface area contributed by atoms with Crippen LogP contribution >= 0.6 is 0 Å². The molecule has 2 rings (SSSR count). The molecule has 2 aromatic rings. The summed E-state index contributed by atoms with van der Waals surface area (Å²) in [4.78, 5) is 9.41. The minimum atomic E-state index is -0.0174. The van der Waals surface area contributed by atoms with Gasteiger partial charge in [0, 0.05) is 31.3 Å². The van der Waals surface area contributed by atoms with Gasteiger partial charge >= 0.3 is 0 Å². The predicted molar refractivity (Wildman–Crippen MR) is 86.5 cm³/mol. The molecular weight excluding hydrogens is 262 g/mol. The Bertz CT molecular complexity index is 622. The Kier molecular flexibility index (Phi) is 4.30. The van der Waals surface area contributed by atoms with E-state index in [-0.39, 0.29) is 5.41 Å². The van der Waals surface area contributed by atoms with Crippen LogP contribution in [0, 0.1) is 6.92 Å². The van der Waals surface area contributed by atoms with Gasteiger partial charge in [0.2, 0.25) is 0 Å². The summed E-state index contributed by atoms with van der Waals surface area (Å²) in [5.41, 5.74) is 2.96. The quantitative estimate of drug-likeness (QED) is 0.937. The number of hydrogen-bond donors (Lipinski definition) is 1. The van der Waals surface area contributed by atoms with E-state index in [1.807, 2.05) is 26.2 Å². The molecule has 1 N–H and O–H groups in total. The second-order valence-electron chi connectivity index (χ2n) is 6.44. The first-order valence-electron chi connectivity index (χ1n) is 7.45. The fraction of sp³-hybridized carbons (Fsp3) is 0.562.